The Bertz CT molecular complexity index is 1080. The third-order valence-electron chi connectivity index (χ3n) is 4.65. The zero-order chi connectivity index (χ0) is 21.7. The van der Waals surface area contributed by atoms with Gasteiger partial charge in [-0.3, -0.25) is 9.36 Å². The first-order chi connectivity index (χ1) is 14.4. The molecule has 1 aromatic heterocycles. The number of thioether (sulfide) groups is 1. The molecular weight excluding hydrogens is 394 g/mol. The van der Waals surface area contributed by atoms with Crippen LogP contribution < -0.4 is 4.90 Å². The van der Waals surface area contributed by atoms with Crippen molar-refractivity contribution in [1.29, 1.82) is 5.26 Å². The van der Waals surface area contributed by atoms with Crippen LogP contribution in [0, 0.1) is 39.0 Å². The Morgan fingerprint density at radius 3 is 2.47 bits per heavy atom. The maximum atomic E-state index is 13.1. The van der Waals surface area contributed by atoms with Gasteiger partial charge in [0, 0.05) is 17.9 Å². The van der Waals surface area contributed by atoms with E-state index in [1.54, 1.807) is 4.90 Å². The first kappa shape index (κ1) is 21.6. The minimum absolute atomic E-state index is 0.0586. The van der Waals surface area contributed by atoms with Crippen LogP contribution in [-0.2, 0) is 4.79 Å². The molecule has 0 fully saturated rings. The number of hydrogen-bond acceptors (Lipinski definition) is 5. The highest BCUT2D eigenvalue weighted by molar-refractivity contribution is 7.99. The van der Waals surface area contributed by atoms with E-state index in [2.05, 4.69) is 28.4 Å². The maximum absolute atomic E-state index is 13.1. The highest BCUT2D eigenvalue weighted by Crippen LogP contribution is 2.25. The Hall–Kier alpha value is -3.11. The zero-order valence-corrected chi connectivity index (χ0v) is 18.5. The third kappa shape index (κ3) is 5.08. The van der Waals surface area contributed by atoms with Crippen molar-refractivity contribution in [2.45, 2.75) is 39.3 Å². The summed E-state index contributed by atoms with van der Waals surface area (Å²) in [6.07, 6.45) is 0.280. The Labute approximate surface area is 181 Å². The van der Waals surface area contributed by atoms with E-state index < -0.39 is 0 Å². The molecule has 0 radical (unpaired) electrons. The molecule has 0 aliphatic carbocycles. The average molecular weight is 420 g/mol. The molecule has 0 aliphatic heterocycles. The second kappa shape index (κ2) is 9.59. The maximum Gasteiger partial charge on any atom is 0.237 e. The van der Waals surface area contributed by atoms with Crippen molar-refractivity contribution in [3.63, 3.8) is 0 Å². The van der Waals surface area contributed by atoms with Gasteiger partial charge in [0.25, 0.3) is 0 Å². The molecule has 3 aromatic rings. The minimum atomic E-state index is -0.0586. The predicted octanol–water partition coefficient (Wildman–Crippen LogP) is 4.54. The first-order valence-corrected chi connectivity index (χ1v) is 10.7. The molecule has 2 aromatic carbocycles. The fourth-order valence-corrected chi connectivity index (χ4v) is 4.24. The van der Waals surface area contributed by atoms with Crippen molar-refractivity contribution >= 4 is 23.4 Å². The number of nitrogens with zero attached hydrogens (tertiary/aromatic N) is 5. The molecule has 0 saturated heterocycles. The van der Waals surface area contributed by atoms with Gasteiger partial charge in [0.2, 0.25) is 5.91 Å². The summed E-state index contributed by atoms with van der Waals surface area (Å²) in [7, 11) is 0. The largest absolute Gasteiger partial charge is 0.311 e. The number of aromatic nitrogens is 3. The van der Waals surface area contributed by atoms with Crippen molar-refractivity contribution in [1.82, 2.24) is 14.8 Å². The number of benzene rings is 2. The molecule has 0 N–H and O–H groups in total. The normalized spacial score (nSPS) is 10.6. The van der Waals surface area contributed by atoms with E-state index in [0.717, 1.165) is 33.9 Å². The molecule has 0 spiro atoms. The molecule has 0 atom stereocenters. The van der Waals surface area contributed by atoms with Gasteiger partial charge in [-0.2, -0.15) is 5.26 Å². The molecule has 0 saturated carbocycles. The van der Waals surface area contributed by atoms with Crippen LogP contribution in [0.3, 0.4) is 0 Å². The number of rotatable bonds is 7. The van der Waals surface area contributed by atoms with Crippen LogP contribution in [-0.4, -0.2) is 33.0 Å². The van der Waals surface area contributed by atoms with Gasteiger partial charge in [0.15, 0.2) is 5.16 Å². The van der Waals surface area contributed by atoms with Crippen LogP contribution in [0.25, 0.3) is 5.69 Å². The average Bonchev–Trinajstić information content (AvgIpc) is 3.06. The molecule has 3 rings (SSSR count). The summed E-state index contributed by atoms with van der Waals surface area (Å²) >= 11 is 1.36. The second-order valence-corrected chi connectivity index (χ2v) is 8.23. The van der Waals surface area contributed by atoms with Crippen LogP contribution in [0.2, 0.25) is 0 Å². The molecule has 6 nitrogen and oxygen atoms in total. The van der Waals surface area contributed by atoms with Gasteiger partial charge >= 0.3 is 0 Å². The lowest BCUT2D eigenvalue weighted by Crippen LogP contribution is -2.33. The zero-order valence-electron chi connectivity index (χ0n) is 17.7. The lowest BCUT2D eigenvalue weighted by molar-refractivity contribution is -0.116. The Morgan fingerprint density at radius 1 is 1.07 bits per heavy atom. The van der Waals surface area contributed by atoms with Gasteiger partial charge in [-0.05, 0) is 68.7 Å². The van der Waals surface area contributed by atoms with E-state index in [1.165, 1.54) is 11.8 Å². The molecule has 0 aliphatic rings. The summed E-state index contributed by atoms with van der Waals surface area (Å²) in [5.41, 5.74) is 5.11. The standard InChI is InChI=1S/C23H25N5OS/c1-16-7-5-8-20(12-16)28-19(4)25-26-23(28)30-15-22(29)27(10-6-9-24)21-13-17(2)11-18(3)14-21/h5,7-8,11-14H,6,10,15H2,1-4H3. The van der Waals surface area contributed by atoms with E-state index in [1.807, 2.05) is 62.6 Å². The summed E-state index contributed by atoms with van der Waals surface area (Å²) in [6, 6.07) is 16.3. The highest BCUT2D eigenvalue weighted by atomic mass is 32.2. The quantitative estimate of drug-likeness (QED) is 0.526. The number of nitriles is 1. The monoisotopic (exact) mass is 419 g/mol. The lowest BCUT2D eigenvalue weighted by Gasteiger charge is -2.22. The number of aryl methyl sites for hydroxylation is 4. The fourth-order valence-electron chi connectivity index (χ4n) is 3.37. The third-order valence-corrected chi connectivity index (χ3v) is 5.56. The van der Waals surface area contributed by atoms with Crippen LogP contribution in [0.15, 0.2) is 47.6 Å². The molecule has 1 amide bonds. The lowest BCUT2D eigenvalue weighted by atomic mass is 10.1. The summed E-state index contributed by atoms with van der Waals surface area (Å²) < 4.78 is 1.96. The number of anilines is 1. The van der Waals surface area contributed by atoms with Crippen LogP contribution >= 0.6 is 11.8 Å². The summed E-state index contributed by atoms with van der Waals surface area (Å²) in [6.45, 7) is 8.31. The molecule has 154 valence electrons. The molecule has 7 heteroatoms. The first-order valence-electron chi connectivity index (χ1n) is 9.76. The fraction of sp³-hybridized carbons (Fsp3) is 0.304. The van der Waals surface area contributed by atoms with Crippen LogP contribution in [0.5, 0.6) is 0 Å². The van der Waals surface area contributed by atoms with E-state index in [0.29, 0.717) is 11.7 Å². The smallest absolute Gasteiger partial charge is 0.237 e. The van der Waals surface area contributed by atoms with Gasteiger partial charge in [0.05, 0.1) is 18.2 Å². The Morgan fingerprint density at radius 2 is 1.80 bits per heavy atom. The van der Waals surface area contributed by atoms with Crippen LogP contribution in [0.4, 0.5) is 5.69 Å². The van der Waals surface area contributed by atoms with E-state index in [-0.39, 0.29) is 18.1 Å². The summed E-state index contributed by atoms with van der Waals surface area (Å²) in [5, 5.41) is 18.2. The van der Waals surface area contributed by atoms with Crippen molar-refractivity contribution < 1.29 is 4.79 Å². The molecule has 1 heterocycles. The Kier molecular flexibility index (Phi) is 6.91. The van der Waals surface area contributed by atoms with E-state index in [4.69, 9.17) is 5.26 Å². The van der Waals surface area contributed by atoms with Crippen molar-refractivity contribution in [2.24, 2.45) is 0 Å². The summed E-state index contributed by atoms with van der Waals surface area (Å²) in [4.78, 5) is 14.8. The number of amides is 1. The van der Waals surface area contributed by atoms with Gasteiger partial charge in [0.1, 0.15) is 5.82 Å². The second-order valence-electron chi connectivity index (χ2n) is 7.29. The number of hydrogen-bond donors (Lipinski definition) is 0. The van der Waals surface area contributed by atoms with Crippen molar-refractivity contribution in [2.75, 3.05) is 17.2 Å². The van der Waals surface area contributed by atoms with Crippen LogP contribution in [0.1, 0.15) is 28.9 Å². The SMILES string of the molecule is Cc1cc(C)cc(N(CCC#N)C(=O)CSc2nnc(C)n2-c2cccc(C)c2)c1. The molecule has 0 bridgehead atoms. The molecule has 0 unspecified atom stereocenters. The predicted molar refractivity (Wildman–Crippen MR) is 120 cm³/mol. The van der Waals surface area contributed by atoms with E-state index in [9.17, 15) is 4.79 Å². The minimum Gasteiger partial charge on any atom is -0.311 e. The van der Waals surface area contributed by atoms with Gasteiger partial charge in [-0.15, -0.1) is 10.2 Å². The van der Waals surface area contributed by atoms with Crippen molar-refractivity contribution in [3.05, 3.63) is 65.0 Å². The Balaban J connectivity index is 1.82. The van der Waals surface area contributed by atoms with E-state index >= 15 is 0 Å². The molecular formula is C23H25N5OS. The number of carbonyl (C=O) groups excluding carboxylic acids is 1. The highest BCUT2D eigenvalue weighted by Gasteiger charge is 2.19. The molecule has 30 heavy (non-hydrogen) atoms. The topological polar surface area (TPSA) is 74.8 Å². The van der Waals surface area contributed by atoms with Crippen molar-refractivity contribution in [3.8, 4) is 11.8 Å². The number of carbonyl (C=O) groups is 1. The van der Waals surface area contributed by atoms with Gasteiger partial charge in [-0.25, -0.2) is 0 Å². The van der Waals surface area contributed by atoms with Gasteiger partial charge in [-0.1, -0.05) is 30.0 Å². The van der Waals surface area contributed by atoms with Gasteiger partial charge < -0.3 is 4.90 Å². The summed E-state index contributed by atoms with van der Waals surface area (Å²) in [5.74, 6) is 0.922.